The summed E-state index contributed by atoms with van der Waals surface area (Å²) in [5.74, 6) is 0. The van der Waals surface area contributed by atoms with Gasteiger partial charge in [-0.05, 0) is 29.5 Å². The van der Waals surface area contributed by atoms with E-state index in [1.165, 1.54) is 17.5 Å². The predicted molar refractivity (Wildman–Crippen MR) is 84.7 cm³/mol. The van der Waals surface area contributed by atoms with Gasteiger partial charge < -0.3 is 4.84 Å². The molecule has 0 spiro atoms. The highest BCUT2D eigenvalue weighted by Gasteiger charge is 2.03. The molecule has 0 fully saturated rings. The molecule has 0 aliphatic carbocycles. The Kier molecular flexibility index (Phi) is 5.84. The molecule has 0 saturated carbocycles. The Morgan fingerprint density at radius 3 is 2.55 bits per heavy atom. The molecule has 2 rings (SSSR count). The molecular formula is C18H21NO. The number of nitrogens with zero attached hydrogens (tertiary/aromatic N) is 1. The first-order chi connectivity index (χ1) is 9.92. The molecule has 104 valence electrons. The van der Waals surface area contributed by atoms with Crippen molar-refractivity contribution in [2.75, 3.05) is 0 Å². The van der Waals surface area contributed by atoms with E-state index in [4.69, 9.17) is 4.84 Å². The largest absolute Gasteiger partial charge is 0.391 e. The van der Waals surface area contributed by atoms with Crippen LogP contribution < -0.4 is 0 Å². The van der Waals surface area contributed by atoms with E-state index in [0.29, 0.717) is 6.61 Å². The highest BCUT2D eigenvalue weighted by atomic mass is 16.6. The van der Waals surface area contributed by atoms with E-state index >= 15 is 0 Å². The second-order valence-corrected chi connectivity index (χ2v) is 4.73. The zero-order valence-electron chi connectivity index (χ0n) is 12.0. The summed E-state index contributed by atoms with van der Waals surface area (Å²) in [5.41, 5.74) is 3.57. The topological polar surface area (TPSA) is 21.6 Å². The molecule has 2 aromatic rings. The molecule has 0 aliphatic rings. The summed E-state index contributed by atoms with van der Waals surface area (Å²) in [7, 11) is 0. The zero-order valence-corrected chi connectivity index (χ0v) is 12.0. The van der Waals surface area contributed by atoms with Gasteiger partial charge in [-0.2, -0.15) is 0 Å². The minimum atomic E-state index is 0.508. The van der Waals surface area contributed by atoms with Gasteiger partial charge in [0, 0.05) is 6.21 Å². The molecule has 0 aromatic heterocycles. The lowest BCUT2D eigenvalue weighted by Gasteiger charge is -2.08. The Morgan fingerprint density at radius 1 is 1.00 bits per heavy atom. The first kappa shape index (κ1) is 14.3. The monoisotopic (exact) mass is 267 g/mol. The van der Waals surface area contributed by atoms with Gasteiger partial charge in [0.2, 0.25) is 0 Å². The Labute approximate surface area is 121 Å². The molecule has 20 heavy (non-hydrogen) atoms. The van der Waals surface area contributed by atoms with E-state index in [9.17, 15) is 0 Å². The van der Waals surface area contributed by atoms with Crippen LogP contribution in [0.2, 0.25) is 0 Å². The van der Waals surface area contributed by atoms with Crippen LogP contribution in [0.15, 0.2) is 59.8 Å². The van der Waals surface area contributed by atoms with Crippen molar-refractivity contribution in [3.8, 4) is 11.1 Å². The summed E-state index contributed by atoms with van der Waals surface area (Å²) in [6, 6.07) is 18.7. The van der Waals surface area contributed by atoms with E-state index in [2.05, 4.69) is 54.5 Å². The number of hydrogen-bond donors (Lipinski definition) is 0. The molecule has 2 heteroatoms. The summed E-state index contributed by atoms with van der Waals surface area (Å²) in [6.07, 6.45) is 5.18. The molecule has 0 radical (unpaired) electrons. The zero-order chi connectivity index (χ0) is 14.0. The Balaban J connectivity index is 2.00. The van der Waals surface area contributed by atoms with Crippen molar-refractivity contribution in [3.63, 3.8) is 0 Å². The number of hydrogen-bond acceptors (Lipinski definition) is 2. The minimum absolute atomic E-state index is 0.508. The van der Waals surface area contributed by atoms with Crippen molar-refractivity contribution in [1.82, 2.24) is 0 Å². The van der Waals surface area contributed by atoms with Crippen LogP contribution in [0.25, 0.3) is 11.1 Å². The summed E-state index contributed by atoms with van der Waals surface area (Å²) < 4.78 is 0. The van der Waals surface area contributed by atoms with E-state index in [1.807, 2.05) is 18.3 Å². The molecule has 0 bridgehead atoms. The third kappa shape index (κ3) is 4.23. The van der Waals surface area contributed by atoms with Gasteiger partial charge in [0.05, 0.1) is 0 Å². The number of unbranched alkanes of at least 4 members (excludes halogenated alkanes) is 2. The molecule has 0 unspecified atom stereocenters. The average Bonchev–Trinajstić information content (AvgIpc) is 2.52. The molecular weight excluding hydrogens is 246 g/mol. The molecule has 0 amide bonds. The van der Waals surface area contributed by atoms with Crippen LogP contribution in [0.3, 0.4) is 0 Å². The lowest BCUT2D eigenvalue weighted by molar-refractivity contribution is 0.132. The van der Waals surface area contributed by atoms with Crippen LogP contribution in [-0.4, -0.2) is 6.21 Å². The Hall–Kier alpha value is -2.09. The molecule has 0 saturated heterocycles. The normalized spacial score (nSPS) is 10.8. The number of benzene rings is 2. The van der Waals surface area contributed by atoms with Gasteiger partial charge in [-0.15, -0.1) is 0 Å². The Bertz CT molecular complexity index is 534. The third-order valence-electron chi connectivity index (χ3n) is 3.16. The SMILES string of the molecule is CCCCC=NOCc1ccccc1-c1ccccc1. The van der Waals surface area contributed by atoms with E-state index in [0.717, 1.165) is 18.4 Å². The Morgan fingerprint density at radius 2 is 1.75 bits per heavy atom. The molecule has 2 aromatic carbocycles. The van der Waals surface area contributed by atoms with Crippen molar-refractivity contribution < 1.29 is 4.84 Å². The fourth-order valence-corrected chi connectivity index (χ4v) is 2.05. The fourth-order valence-electron chi connectivity index (χ4n) is 2.05. The van der Waals surface area contributed by atoms with Gasteiger partial charge >= 0.3 is 0 Å². The number of oxime groups is 1. The molecule has 0 N–H and O–H groups in total. The van der Waals surface area contributed by atoms with Crippen LogP contribution in [0.1, 0.15) is 31.7 Å². The second kappa shape index (κ2) is 8.16. The van der Waals surface area contributed by atoms with E-state index in [-0.39, 0.29) is 0 Å². The van der Waals surface area contributed by atoms with Gasteiger partial charge in [-0.1, -0.05) is 73.1 Å². The smallest absolute Gasteiger partial charge is 0.142 e. The molecule has 0 aliphatic heterocycles. The second-order valence-electron chi connectivity index (χ2n) is 4.73. The summed E-state index contributed by atoms with van der Waals surface area (Å²) in [4.78, 5) is 5.40. The first-order valence-electron chi connectivity index (χ1n) is 7.19. The highest BCUT2D eigenvalue weighted by Crippen LogP contribution is 2.23. The molecule has 2 nitrogen and oxygen atoms in total. The summed E-state index contributed by atoms with van der Waals surface area (Å²) >= 11 is 0. The quantitative estimate of drug-likeness (QED) is 0.391. The van der Waals surface area contributed by atoms with Gasteiger partial charge in [-0.3, -0.25) is 0 Å². The van der Waals surface area contributed by atoms with Crippen LogP contribution >= 0.6 is 0 Å². The summed E-state index contributed by atoms with van der Waals surface area (Å²) in [5, 5.41) is 4.01. The van der Waals surface area contributed by atoms with Crippen molar-refractivity contribution in [2.24, 2.45) is 5.16 Å². The number of rotatable bonds is 7. The predicted octanol–water partition coefficient (Wildman–Crippen LogP) is 5.05. The lowest BCUT2D eigenvalue weighted by atomic mass is 10.0. The third-order valence-corrected chi connectivity index (χ3v) is 3.16. The standard InChI is InChI=1S/C18H21NO/c1-2-3-9-14-19-20-15-17-12-7-8-13-18(17)16-10-5-4-6-11-16/h4-8,10-14H,2-3,9,15H2,1H3. The lowest BCUT2D eigenvalue weighted by Crippen LogP contribution is -1.92. The van der Waals surface area contributed by atoms with Crippen molar-refractivity contribution in [1.29, 1.82) is 0 Å². The minimum Gasteiger partial charge on any atom is -0.391 e. The van der Waals surface area contributed by atoms with Gasteiger partial charge in [-0.25, -0.2) is 0 Å². The van der Waals surface area contributed by atoms with Gasteiger partial charge in [0.25, 0.3) is 0 Å². The highest BCUT2D eigenvalue weighted by molar-refractivity contribution is 5.67. The van der Waals surface area contributed by atoms with E-state index < -0.39 is 0 Å². The van der Waals surface area contributed by atoms with Crippen molar-refractivity contribution in [2.45, 2.75) is 32.8 Å². The maximum Gasteiger partial charge on any atom is 0.142 e. The average molecular weight is 267 g/mol. The maximum atomic E-state index is 5.40. The maximum absolute atomic E-state index is 5.40. The van der Waals surface area contributed by atoms with E-state index in [1.54, 1.807) is 0 Å². The van der Waals surface area contributed by atoms with Crippen LogP contribution in [0.4, 0.5) is 0 Å². The van der Waals surface area contributed by atoms with Gasteiger partial charge in [0.15, 0.2) is 0 Å². The molecule has 0 atom stereocenters. The van der Waals surface area contributed by atoms with Crippen LogP contribution in [0, 0.1) is 0 Å². The van der Waals surface area contributed by atoms with Gasteiger partial charge in [0.1, 0.15) is 6.61 Å². The fraction of sp³-hybridized carbons (Fsp3) is 0.278. The van der Waals surface area contributed by atoms with Crippen molar-refractivity contribution >= 4 is 6.21 Å². The molecule has 0 heterocycles. The van der Waals surface area contributed by atoms with Crippen molar-refractivity contribution in [3.05, 3.63) is 60.2 Å². The summed E-state index contributed by atoms with van der Waals surface area (Å²) in [6.45, 7) is 2.68. The van der Waals surface area contributed by atoms with Crippen LogP contribution in [-0.2, 0) is 11.4 Å². The van der Waals surface area contributed by atoms with Crippen LogP contribution in [0.5, 0.6) is 0 Å². The first-order valence-corrected chi connectivity index (χ1v) is 7.19.